The molecule has 5 nitrogen and oxygen atoms in total. The predicted molar refractivity (Wildman–Crippen MR) is 122 cm³/mol. The van der Waals surface area contributed by atoms with Gasteiger partial charge in [0.05, 0.1) is 13.1 Å². The molecular formula is C26H36N2O3. The molecule has 0 radical (unpaired) electrons. The second-order valence-corrected chi connectivity index (χ2v) is 9.20. The minimum atomic E-state index is -0.0392. The van der Waals surface area contributed by atoms with Gasteiger partial charge in [-0.2, -0.15) is 0 Å². The zero-order chi connectivity index (χ0) is 22.2. The van der Waals surface area contributed by atoms with Crippen LogP contribution in [0.4, 0.5) is 0 Å². The number of furan rings is 1. The lowest BCUT2D eigenvalue weighted by atomic mass is 9.88. The Labute approximate surface area is 186 Å². The Morgan fingerprint density at radius 3 is 2.29 bits per heavy atom. The van der Waals surface area contributed by atoms with Crippen molar-refractivity contribution in [3.8, 4) is 0 Å². The smallest absolute Gasteiger partial charge is 0.242 e. The minimum Gasteiger partial charge on any atom is -0.464 e. The first-order chi connectivity index (χ1) is 14.9. The fourth-order valence-electron chi connectivity index (χ4n) is 4.34. The van der Waals surface area contributed by atoms with Gasteiger partial charge in [0, 0.05) is 19.0 Å². The van der Waals surface area contributed by atoms with Crippen LogP contribution in [-0.4, -0.2) is 34.7 Å². The van der Waals surface area contributed by atoms with Crippen LogP contribution in [0.2, 0.25) is 0 Å². The molecule has 5 heteroatoms. The number of aryl methyl sites for hydroxylation is 1. The molecule has 0 bridgehead atoms. The van der Waals surface area contributed by atoms with Gasteiger partial charge in [-0.3, -0.25) is 9.59 Å². The molecule has 1 aliphatic rings. The molecule has 168 valence electrons. The third kappa shape index (κ3) is 6.98. The summed E-state index contributed by atoms with van der Waals surface area (Å²) in [6.07, 6.45) is 5.32. The Morgan fingerprint density at radius 1 is 0.968 bits per heavy atom. The first kappa shape index (κ1) is 23.1. The van der Waals surface area contributed by atoms with Crippen molar-refractivity contribution in [2.24, 2.45) is 11.8 Å². The van der Waals surface area contributed by atoms with Crippen LogP contribution in [0.5, 0.6) is 0 Å². The molecule has 1 saturated carbocycles. The fraction of sp³-hybridized carbons (Fsp3) is 0.538. The van der Waals surface area contributed by atoms with E-state index in [0.29, 0.717) is 25.6 Å². The summed E-state index contributed by atoms with van der Waals surface area (Å²) in [5, 5.41) is 0. The average molecular weight is 425 g/mol. The summed E-state index contributed by atoms with van der Waals surface area (Å²) < 4.78 is 5.74. The van der Waals surface area contributed by atoms with E-state index in [-0.39, 0.29) is 24.3 Å². The molecule has 1 fully saturated rings. The zero-order valence-electron chi connectivity index (χ0n) is 19.2. The summed E-state index contributed by atoms with van der Waals surface area (Å²) in [5.41, 5.74) is 1.06. The second kappa shape index (κ2) is 11.2. The maximum absolute atomic E-state index is 13.4. The fourth-order valence-corrected chi connectivity index (χ4v) is 4.34. The van der Waals surface area contributed by atoms with E-state index in [0.717, 1.165) is 42.8 Å². The lowest BCUT2D eigenvalue weighted by molar-refractivity contribution is -0.144. The van der Waals surface area contributed by atoms with E-state index < -0.39 is 0 Å². The predicted octanol–water partition coefficient (Wildman–Crippen LogP) is 5.18. The maximum atomic E-state index is 13.4. The molecule has 3 rings (SSSR count). The average Bonchev–Trinajstić information content (AvgIpc) is 3.18. The SMILES string of the molecule is Cc1ccc(CN(Cc2ccccc2)C(=O)CN(CC(C)C)C(=O)C2CCCCC2)o1. The van der Waals surface area contributed by atoms with Gasteiger partial charge in [-0.15, -0.1) is 0 Å². The Hall–Kier alpha value is -2.56. The van der Waals surface area contributed by atoms with E-state index in [1.807, 2.05) is 49.4 Å². The molecule has 0 atom stereocenters. The Bertz CT molecular complexity index is 837. The lowest BCUT2D eigenvalue weighted by Gasteiger charge is -2.32. The normalized spacial score (nSPS) is 14.6. The van der Waals surface area contributed by atoms with Gasteiger partial charge in [0.15, 0.2) is 0 Å². The molecule has 2 aromatic rings. The second-order valence-electron chi connectivity index (χ2n) is 9.20. The van der Waals surface area contributed by atoms with Gasteiger partial charge >= 0.3 is 0 Å². The van der Waals surface area contributed by atoms with Crippen molar-refractivity contribution in [2.45, 2.75) is 66.0 Å². The number of rotatable bonds is 9. The van der Waals surface area contributed by atoms with Gasteiger partial charge in [0.2, 0.25) is 11.8 Å². The van der Waals surface area contributed by atoms with Gasteiger partial charge in [-0.25, -0.2) is 0 Å². The molecular weight excluding hydrogens is 388 g/mol. The highest BCUT2D eigenvalue weighted by molar-refractivity contribution is 5.86. The summed E-state index contributed by atoms with van der Waals surface area (Å²) in [4.78, 5) is 30.3. The van der Waals surface area contributed by atoms with Crippen LogP contribution in [0.1, 0.15) is 63.0 Å². The molecule has 1 heterocycles. The minimum absolute atomic E-state index is 0.0392. The third-order valence-electron chi connectivity index (χ3n) is 5.89. The van der Waals surface area contributed by atoms with Crippen LogP contribution in [-0.2, 0) is 22.7 Å². The number of carbonyl (C=O) groups excluding carboxylic acids is 2. The first-order valence-corrected chi connectivity index (χ1v) is 11.6. The van der Waals surface area contributed by atoms with Gasteiger partial charge in [0.25, 0.3) is 0 Å². The van der Waals surface area contributed by atoms with Gasteiger partial charge in [0.1, 0.15) is 11.5 Å². The Morgan fingerprint density at radius 2 is 1.68 bits per heavy atom. The summed E-state index contributed by atoms with van der Waals surface area (Å²) >= 11 is 0. The Balaban J connectivity index is 1.75. The number of hydrogen-bond acceptors (Lipinski definition) is 3. The van der Waals surface area contributed by atoms with Crippen LogP contribution >= 0.6 is 0 Å². The van der Waals surface area contributed by atoms with Gasteiger partial charge in [-0.05, 0) is 43.4 Å². The highest BCUT2D eigenvalue weighted by Gasteiger charge is 2.29. The highest BCUT2D eigenvalue weighted by Crippen LogP contribution is 2.26. The van der Waals surface area contributed by atoms with Crippen molar-refractivity contribution in [3.63, 3.8) is 0 Å². The highest BCUT2D eigenvalue weighted by atomic mass is 16.3. The van der Waals surface area contributed by atoms with Gasteiger partial charge < -0.3 is 14.2 Å². The number of carbonyl (C=O) groups is 2. The standard InChI is InChI=1S/C26H36N2O3/c1-20(2)16-28(26(30)23-12-8-5-9-13-23)19-25(29)27(17-22-10-6-4-7-11-22)18-24-15-14-21(3)31-24/h4,6-7,10-11,14-15,20,23H,5,8-9,12-13,16-19H2,1-3H3. The lowest BCUT2D eigenvalue weighted by Crippen LogP contribution is -2.46. The summed E-state index contributed by atoms with van der Waals surface area (Å²) in [6, 6.07) is 13.8. The van der Waals surface area contributed by atoms with E-state index in [1.165, 1.54) is 6.42 Å². The van der Waals surface area contributed by atoms with Crippen molar-refractivity contribution < 1.29 is 14.0 Å². The maximum Gasteiger partial charge on any atom is 0.242 e. The van der Waals surface area contributed by atoms with E-state index in [4.69, 9.17) is 4.42 Å². The summed E-state index contributed by atoms with van der Waals surface area (Å²) in [7, 11) is 0. The van der Waals surface area contributed by atoms with E-state index in [1.54, 1.807) is 9.80 Å². The Kier molecular flexibility index (Phi) is 8.33. The molecule has 0 spiro atoms. The molecule has 1 aromatic carbocycles. The molecule has 31 heavy (non-hydrogen) atoms. The number of benzene rings is 1. The van der Waals surface area contributed by atoms with Crippen molar-refractivity contribution in [1.29, 1.82) is 0 Å². The van der Waals surface area contributed by atoms with Crippen LogP contribution in [0, 0.1) is 18.8 Å². The topological polar surface area (TPSA) is 53.8 Å². The molecule has 0 N–H and O–H groups in total. The first-order valence-electron chi connectivity index (χ1n) is 11.6. The largest absolute Gasteiger partial charge is 0.464 e. The summed E-state index contributed by atoms with van der Waals surface area (Å²) in [5.74, 6) is 2.08. The van der Waals surface area contributed by atoms with Crippen LogP contribution in [0.15, 0.2) is 46.9 Å². The van der Waals surface area contributed by atoms with Crippen molar-refractivity contribution in [2.75, 3.05) is 13.1 Å². The molecule has 1 aliphatic carbocycles. The third-order valence-corrected chi connectivity index (χ3v) is 5.89. The van der Waals surface area contributed by atoms with E-state index >= 15 is 0 Å². The molecule has 0 aliphatic heterocycles. The van der Waals surface area contributed by atoms with Crippen molar-refractivity contribution >= 4 is 11.8 Å². The number of amides is 2. The van der Waals surface area contributed by atoms with Crippen LogP contribution in [0.3, 0.4) is 0 Å². The molecule has 0 unspecified atom stereocenters. The number of nitrogens with zero attached hydrogens (tertiary/aromatic N) is 2. The van der Waals surface area contributed by atoms with E-state index in [9.17, 15) is 9.59 Å². The monoisotopic (exact) mass is 424 g/mol. The van der Waals surface area contributed by atoms with E-state index in [2.05, 4.69) is 13.8 Å². The molecule has 1 aromatic heterocycles. The van der Waals surface area contributed by atoms with Crippen LogP contribution < -0.4 is 0 Å². The zero-order valence-corrected chi connectivity index (χ0v) is 19.2. The molecule has 2 amide bonds. The summed E-state index contributed by atoms with van der Waals surface area (Å²) in [6.45, 7) is 7.72. The van der Waals surface area contributed by atoms with Crippen LogP contribution in [0.25, 0.3) is 0 Å². The van der Waals surface area contributed by atoms with Crippen molar-refractivity contribution in [1.82, 2.24) is 9.80 Å². The molecule has 0 saturated heterocycles. The quantitative estimate of drug-likeness (QED) is 0.557. The van der Waals surface area contributed by atoms with Crippen molar-refractivity contribution in [3.05, 3.63) is 59.5 Å². The number of hydrogen-bond donors (Lipinski definition) is 0. The van der Waals surface area contributed by atoms with Gasteiger partial charge in [-0.1, -0.05) is 63.4 Å².